The second-order valence-corrected chi connectivity index (χ2v) is 8.57. The van der Waals surface area contributed by atoms with Crippen LogP contribution in [0, 0.1) is 0 Å². The molecule has 0 radical (unpaired) electrons. The molecule has 1 fully saturated rings. The normalized spacial score (nSPS) is 14.3. The monoisotopic (exact) mass is 564 g/mol. The zero-order chi connectivity index (χ0) is 26.4. The van der Waals surface area contributed by atoms with Crippen molar-refractivity contribution in [3.63, 3.8) is 0 Å². The van der Waals surface area contributed by atoms with Crippen molar-refractivity contribution in [2.45, 2.75) is 33.4 Å². The van der Waals surface area contributed by atoms with Crippen molar-refractivity contribution in [1.29, 1.82) is 0 Å². The van der Waals surface area contributed by atoms with Crippen LogP contribution < -0.4 is 14.8 Å². The molecule has 11 nitrogen and oxygen atoms in total. The maximum absolute atomic E-state index is 12.9. The number of hydrogen-bond donors (Lipinski definition) is 1. The molecule has 36 heavy (non-hydrogen) atoms. The van der Waals surface area contributed by atoms with Crippen molar-refractivity contribution in [3.05, 3.63) is 51.5 Å². The average Bonchev–Trinajstić information content (AvgIpc) is 3.39. The second kappa shape index (κ2) is 11.8. The third-order valence-corrected chi connectivity index (χ3v) is 5.39. The molecule has 0 spiro atoms. The number of benzene rings is 1. The number of halogens is 1. The number of furan rings is 1. The Bertz CT molecular complexity index is 1200. The highest BCUT2D eigenvalue weighted by Gasteiger charge is 2.34. The van der Waals surface area contributed by atoms with Crippen LogP contribution in [0.15, 0.2) is 38.9 Å². The van der Waals surface area contributed by atoms with E-state index in [4.69, 9.17) is 18.6 Å². The molecular formula is C24H25BrN2O9. The van der Waals surface area contributed by atoms with E-state index >= 15 is 0 Å². The van der Waals surface area contributed by atoms with E-state index in [0.29, 0.717) is 28.1 Å². The summed E-state index contributed by atoms with van der Waals surface area (Å²) in [5, 5.41) is 2.53. The van der Waals surface area contributed by atoms with Crippen LogP contribution in [0.4, 0.5) is 4.79 Å². The smallest absolute Gasteiger partial charge is 0.373 e. The Morgan fingerprint density at radius 2 is 1.89 bits per heavy atom. The number of methoxy groups -OCH3 is 1. The van der Waals surface area contributed by atoms with Gasteiger partial charge in [-0.25, -0.2) is 14.4 Å². The van der Waals surface area contributed by atoms with Gasteiger partial charge in [0.05, 0.1) is 26.4 Å². The van der Waals surface area contributed by atoms with E-state index in [0.717, 1.165) is 4.90 Å². The Morgan fingerprint density at radius 1 is 1.17 bits per heavy atom. The maximum Gasteiger partial charge on any atom is 0.373 e. The molecule has 1 aliphatic rings. The molecule has 0 aliphatic carbocycles. The number of carbonyl (C=O) groups is 4. The Labute approximate surface area is 215 Å². The van der Waals surface area contributed by atoms with Crippen molar-refractivity contribution in [2.75, 3.05) is 20.3 Å². The van der Waals surface area contributed by atoms with Gasteiger partial charge in [-0.05, 0) is 56.7 Å². The van der Waals surface area contributed by atoms with Crippen LogP contribution in [0.3, 0.4) is 0 Å². The fraction of sp³-hybridized carbons (Fsp3) is 0.333. The van der Waals surface area contributed by atoms with Crippen LogP contribution in [0.2, 0.25) is 0 Å². The van der Waals surface area contributed by atoms with E-state index in [1.807, 2.05) is 0 Å². The van der Waals surface area contributed by atoms with Crippen LogP contribution >= 0.6 is 15.9 Å². The van der Waals surface area contributed by atoms with E-state index in [2.05, 4.69) is 26.0 Å². The Kier molecular flexibility index (Phi) is 8.75. The first-order valence-electron chi connectivity index (χ1n) is 10.9. The Balaban J connectivity index is 1.79. The van der Waals surface area contributed by atoms with E-state index < -0.39 is 23.9 Å². The zero-order valence-electron chi connectivity index (χ0n) is 20.1. The molecule has 1 saturated heterocycles. The van der Waals surface area contributed by atoms with Crippen molar-refractivity contribution in [3.8, 4) is 11.5 Å². The standard InChI is InChI=1S/C24H25BrN2O9/c1-5-33-19-9-14(16(25)10-20(19)34-12-21(28)35-13(2)3)8-17-22(29)27(24(31)26-17)11-15-6-7-18(36-15)23(30)32-4/h6-10,13H,5,11-12H2,1-4H3,(H,26,31)/b17-8-. The van der Waals surface area contributed by atoms with Gasteiger partial charge < -0.3 is 28.7 Å². The molecule has 1 aliphatic heterocycles. The maximum atomic E-state index is 12.9. The molecular weight excluding hydrogens is 540 g/mol. The van der Waals surface area contributed by atoms with Crippen molar-refractivity contribution in [2.24, 2.45) is 0 Å². The SMILES string of the molecule is CCOc1cc(/C=C2\NC(=O)N(Cc3ccc(C(=O)OC)o3)C2=O)c(Br)cc1OCC(=O)OC(C)C. The van der Waals surface area contributed by atoms with Crippen molar-refractivity contribution in [1.82, 2.24) is 10.2 Å². The molecule has 1 aromatic carbocycles. The molecule has 1 N–H and O–H groups in total. The van der Waals surface area contributed by atoms with Crippen LogP contribution in [0.1, 0.15) is 42.6 Å². The van der Waals surface area contributed by atoms with Gasteiger partial charge >= 0.3 is 18.0 Å². The van der Waals surface area contributed by atoms with Gasteiger partial charge in [0.2, 0.25) is 5.76 Å². The Hall–Kier alpha value is -3.80. The first-order valence-corrected chi connectivity index (χ1v) is 11.7. The van der Waals surface area contributed by atoms with Crippen molar-refractivity contribution >= 4 is 45.9 Å². The van der Waals surface area contributed by atoms with E-state index in [-0.39, 0.29) is 36.5 Å². The number of nitrogens with one attached hydrogen (secondary N) is 1. The zero-order valence-corrected chi connectivity index (χ0v) is 21.7. The van der Waals surface area contributed by atoms with Gasteiger partial charge in [-0.15, -0.1) is 0 Å². The second-order valence-electron chi connectivity index (χ2n) is 7.72. The first kappa shape index (κ1) is 26.8. The molecule has 0 atom stereocenters. The third kappa shape index (κ3) is 6.45. The van der Waals surface area contributed by atoms with Gasteiger partial charge in [-0.2, -0.15) is 0 Å². The lowest BCUT2D eigenvalue weighted by Gasteiger charge is -2.14. The van der Waals surface area contributed by atoms with Gasteiger partial charge in [0, 0.05) is 4.47 Å². The van der Waals surface area contributed by atoms with Gasteiger partial charge in [0.1, 0.15) is 11.5 Å². The van der Waals surface area contributed by atoms with Crippen molar-refractivity contribution < 1.29 is 42.5 Å². The largest absolute Gasteiger partial charge is 0.490 e. The summed E-state index contributed by atoms with van der Waals surface area (Å²) in [6.45, 7) is 5.10. The highest BCUT2D eigenvalue weighted by atomic mass is 79.9. The molecule has 3 amide bonds. The number of carbonyl (C=O) groups excluding carboxylic acids is 4. The number of nitrogens with zero attached hydrogens (tertiary/aromatic N) is 1. The summed E-state index contributed by atoms with van der Waals surface area (Å²) in [5.41, 5.74) is 0.545. The lowest BCUT2D eigenvalue weighted by molar-refractivity contribution is -0.149. The molecule has 12 heteroatoms. The van der Waals surface area contributed by atoms with Crippen LogP contribution in [0.5, 0.6) is 11.5 Å². The number of hydrogen-bond acceptors (Lipinski definition) is 9. The van der Waals surface area contributed by atoms with Gasteiger partial charge in [0.15, 0.2) is 18.1 Å². The molecule has 2 aromatic rings. The van der Waals surface area contributed by atoms with Crippen LogP contribution in [-0.2, 0) is 25.6 Å². The lowest BCUT2D eigenvalue weighted by Crippen LogP contribution is -2.30. The van der Waals surface area contributed by atoms with E-state index in [1.54, 1.807) is 32.9 Å². The topological polar surface area (TPSA) is 134 Å². The molecule has 0 bridgehead atoms. The number of amides is 3. The summed E-state index contributed by atoms with van der Waals surface area (Å²) in [6, 6.07) is 5.44. The molecule has 0 unspecified atom stereocenters. The number of ether oxygens (including phenoxy) is 4. The molecule has 1 aromatic heterocycles. The first-order chi connectivity index (χ1) is 17.1. The van der Waals surface area contributed by atoms with Gasteiger partial charge in [-0.3, -0.25) is 9.69 Å². The predicted molar refractivity (Wildman–Crippen MR) is 129 cm³/mol. The number of imide groups is 1. The van der Waals surface area contributed by atoms with Crippen LogP contribution in [-0.4, -0.2) is 55.2 Å². The van der Waals surface area contributed by atoms with E-state index in [9.17, 15) is 19.2 Å². The third-order valence-electron chi connectivity index (χ3n) is 4.70. The minimum absolute atomic E-state index is 0.0251. The molecule has 192 valence electrons. The minimum Gasteiger partial charge on any atom is -0.490 e. The summed E-state index contributed by atoms with van der Waals surface area (Å²) >= 11 is 3.42. The van der Waals surface area contributed by atoms with Crippen LogP contribution in [0.25, 0.3) is 6.08 Å². The fourth-order valence-electron chi connectivity index (χ4n) is 3.18. The van der Waals surface area contributed by atoms with Gasteiger partial charge in [-0.1, -0.05) is 15.9 Å². The fourth-order valence-corrected chi connectivity index (χ4v) is 3.61. The lowest BCUT2D eigenvalue weighted by atomic mass is 10.1. The Morgan fingerprint density at radius 3 is 2.56 bits per heavy atom. The number of urea groups is 1. The quantitative estimate of drug-likeness (QED) is 0.260. The summed E-state index contributed by atoms with van der Waals surface area (Å²) in [7, 11) is 1.22. The summed E-state index contributed by atoms with van der Waals surface area (Å²) in [5.74, 6) is -0.946. The number of esters is 2. The highest BCUT2D eigenvalue weighted by molar-refractivity contribution is 9.10. The molecule has 0 saturated carbocycles. The summed E-state index contributed by atoms with van der Waals surface area (Å²) < 4.78 is 26.7. The summed E-state index contributed by atoms with van der Waals surface area (Å²) in [6.07, 6.45) is 1.21. The van der Waals surface area contributed by atoms with E-state index in [1.165, 1.54) is 25.3 Å². The number of rotatable bonds is 10. The highest BCUT2D eigenvalue weighted by Crippen LogP contribution is 2.35. The average molecular weight is 565 g/mol. The summed E-state index contributed by atoms with van der Waals surface area (Å²) in [4.78, 5) is 49.7. The van der Waals surface area contributed by atoms with Gasteiger partial charge in [0.25, 0.3) is 5.91 Å². The molecule has 3 rings (SSSR count). The minimum atomic E-state index is -0.668. The molecule has 2 heterocycles. The predicted octanol–water partition coefficient (Wildman–Crippen LogP) is 3.65.